The minimum atomic E-state index is -4.52. The lowest BCUT2D eigenvalue weighted by atomic mass is 10.3. The van der Waals surface area contributed by atoms with Crippen LogP contribution in [0.15, 0.2) is 23.1 Å². The highest BCUT2D eigenvalue weighted by Crippen LogP contribution is 2.29. The molecule has 0 bridgehead atoms. The van der Waals surface area contributed by atoms with Crippen LogP contribution in [0.2, 0.25) is 0 Å². The fraction of sp³-hybridized carbons (Fsp3) is 0.364. The zero-order chi connectivity index (χ0) is 16.4. The number of hydrogen-bond acceptors (Lipinski definition) is 5. The van der Waals surface area contributed by atoms with Crippen LogP contribution in [0, 0.1) is 15.9 Å². The zero-order valence-corrected chi connectivity index (χ0v) is 12.0. The summed E-state index contributed by atoms with van der Waals surface area (Å²) in [6, 6.07) is 1.87. The number of aliphatic carboxylic acids is 1. The summed E-state index contributed by atoms with van der Waals surface area (Å²) in [5, 5.41) is 19.6. The Balaban J connectivity index is 3.52. The average Bonchev–Trinajstić information content (AvgIpc) is 2.34. The molecular weight excluding hydrogens is 307 g/mol. The molecule has 0 amide bonds. The second-order valence-corrected chi connectivity index (χ2v) is 6.24. The lowest BCUT2D eigenvalue weighted by Crippen LogP contribution is -2.40. The number of nitro groups is 1. The molecular formula is C11H13FN2O6S. The molecule has 0 heterocycles. The summed E-state index contributed by atoms with van der Waals surface area (Å²) >= 11 is 0. The highest BCUT2D eigenvalue weighted by Gasteiger charge is 2.36. The summed E-state index contributed by atoms with van der Waals surface area (Å²) in [5.41, 5.74) is -1.20. The Kier molecular flexibility index (Phi) is 4.97. The lowest BCUT2D eigenvalue weighted by molar-refractivity contribution is -0.390. The van der Waals surface area contributed by atoms with Gasteiger partial charge in [0, 0.05) is 6.04 Å². The molecule has 0 saturated heterocycles. The monoisotopic (exact) mass is 320 g/mol. The number of sulfonamides is 1. The number of nitrogens with zero attached hydrogens (tertiary/aromatic N) is 2. The summed E-state index contributed by atoms with van der Waals surface area (Å²) in [4.78, 5) is 19.6. The third kappa shape index (κ3) is 3.52. The topological polar surface area (TPSA) is 118 Å². The Morgan fingerprint density at radius 2 is 2.05 bits per heavy atom. The van der Waals surface area contributed by atoms with Crippen molar-refractivity contribution in [1.29, 1.82) is 0 Å². The van der Waals surface area contributed by atoms with E-state index in [1.165, 1.54) is 13.8 Å². The summed E-state index contributed by atoms with van der Waals surface area (Å²) in [7, 11) is -4.52. The molecule has 10 heteroatoms. The van der Waals surface area contributed by atoms with Crippen LogP contribution in [0.4, 0.5) is 10.1 Å². The molecule has 0 aliphatic heterocycles. The van der Waals surface area contributed by atoms with Crippen LogP contribution in [-0.2, 0) is 14.8 Å². The van der Waals surface area contributed by atoms with E-state index in [1.54, 1.807) is 0 Å². The summed E-state index contributed by atoms with van der Waals surface area (Å²) < 4.78 is 38.8. The van der Waals surface area contributed by atoms with E-state index >= 15 is 0 Å². The highest BCUT2D eigenvalue weighted by molar-refractivity contribution is 7.89. The molecule has 8 nitrogen and oxygen atoms in total. The minimum Gasteiger partial charge on any atom is -0.480 e. The predicted octanol–water partition coefficient (Wildman–Crippen LogP) is 1.22. The standard InChI is InChI=1S/C11H13FN2O6S/c1-7(2)13(6-10(15)16)21(19,20)9-5-3-4-8(12)11(9)14(17)18/h3-5,7H,6H2,1-2H3,(H,15,16). The van der Waals surface area contributed by atoms with E-state index in [-0.39, 0.29) is 0 Å². The number of para-hydroxylation sites is 1. The number of rotatable bonds is 6. The van der Waals surface area contributed by atoms with E-state index in [0.29, 0.717) is 4.31 Å². The molecule has 0 spiro atoms. The van der Waals surface area contributed by atoms with Crippen molar-refractivity contribution in [2.24, 2.45) is 0 Å². The molecule has 0 aromatic heterocycles. The van der Waals surface area contributed by atoms with Gasteiger partial charge in [0.2, 0.25) is 5.82 Å². The maximum atomic E-state index is 13.5. The molecule has 0 fully saturated rings. The molecule has 0 aliphatic carbocycles. The van der Waals surface area contributed by atoms with E-state index < -0.39 is 49.9 Å². The zero-order valence-electron chi connectivity index (χ0n) is 11.2. The van der Waals surface area contributed by atoms with Crippen LogP contribution >= 0.6 is 0 Å². The van der Waals surface area contributed by atoms with Crippen molar-refractivity contribution in [2.75, 3.05) is 6.54 Å². The van der Waals surface area contributed by atoms with Gasteiger partial charge < -0.3 is 5.11 Å². The first kappa shape index (κ1) is 17.0. The van der Waals surface area contributed by atoms with Crippen molar-refractivity contribution >= 4 is 21.7 Å². The van der Waals surface area contributed by atoms with Crippen LogP contribution in [0.3, 0.4) is 0 Å². The number of carboxylic acid groups (broad SMARTS) is 1. The van der Waals surface area contributed by atoms with E-state index in [9.17, 15) is 27.7 Å². The molecule has 0 atom stereocenters. The van der Waals surface area contributed by atoms with Crippen LogP contribution in [-0.4, -0.2) is 41.3 Å². The lowest BCUT2D eigenvalue weighted by Gasteiger charge is -2.23. The van der Waals surface area contributed by atoms with Gasteiger partial charge in [0.25, 0.3) is 10.0 Å². The Labute approximate surface area is 120 Å². The molecule has 1 aromatic rings. The van der Waals surface area contributed by atoms with Crippen LogP contribution in [0.5, 0.6) is 0 Å². The van der Waals surface area contributed by atoms with Crippen molar-refractivity contribution in [2.45, 2.75) is 24.8 Å². The van der Waals surface area contributed by atoms with Crippen LogP contribution in [0.25, 0.3) is 0 Å². The molecule has 1 N–H and O–H groups in total. The number of hydrogen-bond donors (Lipinski definition) is 1. The van der Waals surface area contributed by atoms with E-state index in [1.807, 2.05) is 0 Å². The highest BCUT2D eigenvalue weighted by atomic mass is 32.2. The Bertz CT molecular complexity index is 673. The second kappa shape index (κ2) is 6.14. The van der Waals surface area contributed by atoms with Gasteiger partial charge >= 0.3 is 11.7 Å². The molecule has 0 aliphatic rings. The van der Waals surface area contributed by atoms with Crippen LogP contribution in [0.1, 0.15) is 13.8 Å². The van der Waals surface area contributed by atoms with Crippen molar-refractivity contribution in [3.8, 4) is 0 Å². The third-order valence-electron chi connectivity index (χ3n) is 2.59. The van der Waals surface area contributed by atoms with Gasteiger partial charge in [-0.3, -0.25) is 14.9 Å². The van der Waals surface area contributed by atoms with E-state index in [4.69, 9.17) is 5.11 Å². The fourth-order valence-corrected chi connectivity index (χ4v) is 3.44. The van der Waals surface area contributed by atoms with Crippen molar-refractivity contribution in [3.05, 3.63) is 34.1 Å². The van der Waals surface area contributed by atoms with Crippen molar-refractivity contribution in [3.63, 3.8) is 0 Å². The average molecular weight is 320 g/mol. The van der Waals surface area contributed by atoms with Crippen molar-refractivity contribution < 1.29 is 27.6 Å². The first-order valence-electron chi connectivity index (χ1n) is 5.75. The Hall–Kier alpha value is -2.07. The number of halogens is 1. The van der Waals surface area contributed by atoms with Gasteiger partial charge in [-0.25, -0.2) is 8.42 Å². The maximum absolute atomic E-state index is 13.5. The Morgan fingerprint density at radius 1 is 1.48 bits per heavy atom. The molecule has 1 rings (SSSR count). The molecule has 116 valence electrons. The number of carboxylic acids is 1. The number of benzene rings is 1. The molecule has 0 radical (unpaired) electrons. The molecule has 1 aromatic carbocycles. The molecule has 0 saturated carbocycles. The van der Waals surface area contributed by atoms with Crippen molar-refractivity contribution in [1.82, 2.24) is 4.31 Å². The van der Waals surface area contributed by atoms with Gasteiger partial charge in [0.1, 0.15) is 6.54 Å². The largest absolute Gasteiger partial charge is 0.480 e. The Morgan fingerprint density at radius 3 is 2.48 bits per heavy atom. The summed E-state index contributed by atoms with van der Waals surface area (Å²) in [5.74, 6) is -2.73. The van der Waals surface area contributed by atoms with Gasteiger partial charge in [0.15, 0.2) is 4.90 Å². The first-order valence-corrected chi connectivity index (χ1v) is 7.19. The van der Waals surface area contributed by atoms with Gasteiger partial charge in [-0.05, 0) is 26.0 Å². The van der Waals surface area contributed by atoms with Gasteiger partial charge in [-0.1, -0.05) is 6.07 Å². The summed E-state index contributed by atoms with van der Waals surface area (Å²) in [6.45, 7) is 1.94. The number of nitro benzene ring substituents is 1. The second-order valence-electron chi connectivity index (χ2n) is 4.38. The molecule has 21 heavy (non-hydrogen) atoms. The smallest absolute Gasteiger partial charge is 0.324 e. The van der Waals surface area contributed by atoms with E-state index in [0.717, 1.165) is 18.2 Å². The predicted molar refractivity (Wildman–Crippen MR) is 69.7 cm³/mol. The SMILES string of the molecule is CC(C)N(CC(=O)O)S(=O)(=O)c1cccc(F)c1[N+](=O)[O-]. The third-order valence-corrected chi connectivity index (χ3v) is 4.64. The van der Waals surface area contributed by atoms with Gasteiger partial charge in [0.05, 0.1) is 4.92 Å². The van der Waals surface area contributed by atoms with E-state index in [2.05, 4.69) is 0 Å². The van der Waals surface area contributed by atoms with Gasteiger partial charge in [-0.2, -0.15) is 8.70 Å². The maximum Gasteiger partial charge on any atom is 0.324 e. The quantitative estimate of drug-likeness (QED) is 0.622. The fourth-order valence-electron chi connectivity index (χ4n) is 1.69. The van der Waals surface area contributed by atoms with Crippen LogP contribution < -0.4 is 0 Å². The summed E-state index contributed by atoms with van der Waals surface area (Å²) in [6.07, 6.45) is 0. The van der Waals surface area contributed by atoms with Gasteiger partial charge in [-0.15, -0.1) is 0 Å². The minimum absolute atomic E-state index is 0.553. The first-order chi connectivity index (χ1) is 9.59. The number of carbonyl (C=O) groups is 1. The normalized spacial score (nSPS) is 11.9. The molecule has 0 unspecified atom stereocenters.